The monoisotopic (exact) mass is 526 g/mol. The van der Waals surface area contributed by atoms with E-state index in [0.717, 1.165) is 30.5 Å². The molecule has 36 heavy (non-hydrogen) atoms. The standard InChI is InChI=1S/C23H22F4N4O4S/c1-3-15-12-18(24)13-17(21(15)30-36(2,33)34)14-28-20(32)7-5-16-4-6-19(23(25,26)27)29-22(16)31-8-10-35-11-9-31/h1,4-7,12-13,30H,8-11,14H2,2H3,(H,28,32). The van der Waals surface area contributed by atoms with Crippen LogP contribution >= 0.6 is 0 Å². The van der Waals surface area contributed by atoms with Crippen LogP contribution in [0.2, 0.25) is 0 Å². The van der Waals surface area contributed by atoms with Gasteiger partial charge in [-0.15, -0.1) is 6.42 Å². The van der Waals surface area contributed by atoms with E-state index in [2.05, 4.69) is 20.9 Å². The summed E-state index contributed by atoms with van der Waals surface area (Å²) in [5.74, 6) is 0.852. The average molecular weight is 527 g/mol. The summed E-state index contributed by atoms with van der Waals surface area (Å²) in [6.07, 6.45) is 4.00. The van der Waals surface area contributed by atoms with Crippen LogP contribution in [0.3, 0.4) is 0 Å². The van der Waals surface area contributed by atoms with Gasteiger partial charge in [0.1, 0.15) is 17.3 Å². The summed E-state index contributed by atoms with van der Waals surface area (Å²) in [4.78, 5) is 17.8. The molecule has 0 aliphatic carbocycles. The van der Waals surface area contributed by atoms with E-state index >= 15 is 0 Å². The number of rotatable bonds is 7. The van der Waals surface area contributed by atoms with Crippen LogP contribution in [0.15, 0.2) is 30.3 Å². The van der Waals surface area contributed by atoms with E-state index < -0.39 is 33.6 Å². The number of nitrogens with zero attached hydrogens (tertiary/aromatic N) is 2. The number of morpholine rings is 1. The van der Waals surface area contributed by atoms with E-state index in [1.807, 2.05) is 0 Å². The zero-order valence-corrected chi connectivity index (χ0v) is 19.8. The number of amides is 1. The quantitative estimate of drug-likeness (QED) is 0.327. The SMILES string of the molecule is C#Cc1cc(F)cc(CNC(=O)C=Cc2ccc(C(F)(F)F)nc2N2CCOCC2)c1NS(C)(=O)=O. The third-order valence-electron chi connectivity index (χ3n) is 5.00. The molecular formula is C23H22F4N4O4S. The van der Waals surface area contributed by atoms with Crippen molar-refractivity contribution in [2.75, 3.05) is 42.2 Å². The lowest BCUT2D eigenvalue weighted by atomic mass is 10.1. The number of terminal acetylenes is 1. The number of benzene rings is 1. The molecule has 1 saturated heterocycles. The fraction of sp³-hybridized carbons (Fsp3) is 0.304. The summed E-state index contributed by atoms with van der Waals surface area (Å²) < 4.78 is 84.4. The molecule has 1 aliphatic rings. The van der Waals surface area contributed by atoms with Gasteiger partial charge in [-0.3, -0.25) is 9.52 Å². The van der Waals surface area contributed by atoms with Crippen molar-refractivity contribution >= 4 is 33.5 Å². The van der Waals surface area contributed by atoms with E-state index in [1.165, 1.54) is 12.1 Å². The van der Waals surface area contributed by atoms with Gasteiger partial charge in [0, 0.05) is 31.3 Å². The Balaban J connectivity index is 1.82. The summed E-state index contributed by atoms with van der Waals surface area (Å²) >= 11 is 0. The van der Waals surface area contributed by atoms with Crippen molar-refractivity contribution < 1.29 is 35.5 Å². The van der Waals surface area contributed by atoms with Crippen molar-refractivity contribution in [1.82, 2.24) is 10.3 Å². The second kappa shape index (κ2) is 11.0. The van der Waals surface area contributed by atoms with Gasteiger partial charge in [-0.25, -0.2) is 17.8 Å². The van der Waals surface area contributed by atoms with E-state index in [-0.39, 0.29) is 34.7 Å². The largest absolute Gasteiger partial charge is 0.433 e. The van der Waals surface area contributed by atoms with Crippen molar-refractivity contribution in [1.29, 1.82) is 0 Å². The number of nitrogens with one attached hydrogen (secondary N) is 2. The molecule has 2 N–H and O–H groups in total. The predicted octanol–water partition coefficient (Wildman–Crippen LogP) is 2.76. The van der Waals surface area contributed by atoms with Gasteiger partial charge in [0.2, 0.25) is 15.9 Å². The molecule has 0 saturated carbocycles. The molecule has 1 aromatic carbocycles. The molecule has 0 spiro atoms. The normalized spacial score (nSPS) is 14.5. The summed E-state index contributed by atoms with van der Waals surface area (Å²) in [7, 11) is -3.75. The maximum Gasteiger partial charge on any atom is 0.433 e. The number of anilines is 2. The summed E-state index contributed by atoms with van der Waals surface area (Å²) in [6.45, 7) is 1.01. The number of halogens is 4. The van der Waals surface area contributed by atoms with E-state index in [4.69, 9.17) is 11.2 Å². The second-order valence-electron chi connectivity index (χ2n) is 7.76. The Morgan fingerprint density at radius 2 is 1.97 bits per heavy atom. The Morgan fingerprint density at radius 3 is 2.58 bits per heavy atom. The number of carbonyl (C=O) groups is 1. The zero-order chi connectivity index (χ0) is 26.5. The minimum atomic E-state index is -4.64. The van der Waals surface area contributed by atoms with Gasteiger partial charge in [0.25, 0.3) is 0 Å². The van der Waals surface area contributed by atoms with Crippen LogP contribution in [0.25, 0.3) is 6.08 Å². The zero-order valence-electron chi connectivity index (χ0n) is 19.0. The van der Waals surface area contributed by atoms with Crippen LogP contribution < -0.4 is 14.9 Å². The molecule has 0 unspecified atom stereocenters. The number of hydrogen-bond donors (Lipinski definition) is 2. The molecule has 13 heteroatoms. The molecule has 0 radical (unpaired) electrons. The third-order valence-corrected chi connectivity index (χ3v) is 5.58. The molecular weight excluding hydrogens is 504 g/mol. The van der Waals surface area contributed by atoms with Gasteiger partial charge in [-0.05, 0) is 35.9 Å². The molecule has 1 aromatic heterocycles. The van der Waals surface area contributed by atoms with Crippen LogP contribution in [0.4, 0.5) is 29.1 Å². The number of aromatic nitrogens is 1. The molecule has 192 valence electrons. The molecule has 2 aromatic rings. The van der Waals surface area contributed by atoms with E-state index in [0.29, 0.717) is 26.3 Å². The Bertz CT molecular complexity index is 1310. The van der Waals surface area contributed by atoms with E-state index in [1.54, 1.807) is 4.90 Å². The number of hydrogen-bond acceptors (Lipinski definition) is 6. The lowest BCUT2D eigenvalue weighted by Gasteiger charge is -2.29. The van der Waals surface area contributed by atoms with E-state index in [9.17, 15) is 30.8 Å². The van der Waals surface area contributed by atoms with Gasteiger partial charge < -0.3 is 15.0 Å². The van der Waals surface area contributed by atoms with Gasteiger partial charge in [-0.2, -0.15) is 13.2 Å². The highest BCUT2D eigenvalue weighted by Gasteiger charge is 2.33. The number of ether oxygens (including phenoxy) is 1. The first kappa shape index (κ1) is 27.0. The van der Waals surface area contributed by atoms with Gasteiger partial charge in [0.05, 0.1) is 30.7 Å². The topological polar surface area (TPSA) is 101 Å². The molecule has 0 atom stereocenters. The molecule has 1 aliphatic heterocycles. The lowest BCUT2D eigenvalue weighted by Crippen LogP contribution is -2.37. The Hall–Kier alpha value is -3.63. The van der Waals surface area contributed by atoms with Gasteiger partial charge in [0.15, 0.2) is 0 Å². The minimum Gasteiger partial charge on any atom is -0.378 e. The fourth-order valence-corrected chi connectivity index (χ4v) is 4.02. The summed E-state index contributed by atoms with van der Waals surface area (Å²) in [5.41, 5.74) is -0.800. The average Bonchev–Trinajstić information content (AvgIpc) is 2.81. The van der Waals surface area contributed by atoms with Crippen LogP contribution in [0, 0.1) is 18.2 Å². The first-order valence-corrected chi connectivity index (χ1v) is 12.4. The number of sulfonamides is 1. The summed E-state index contributed by atoms with van der Waals surface area (Å²) in [5, 5.41) is 2.48. The third kappa shape index (κ3) is 7.19. The highest BCUT2D eigenvalue weighted by Crippen LogP contribution is 2.31. The minimum absolute atomic E-state index is 0.0489. The highest BCUT2D eigenvalue weighted by molar-refractivity contribution is 7.92. The lowest BCUT2D eigenvalue weighted by molar-refractivity contribution is -0.141. The Kier molecular flexibility index (Phi) is 8.21. The van der Waals surface area contributed by atoms with Crippen LogP contribution in [0.1, 0.15) is 22.4 Å². The van der Waals surface area contributed by atoms with Crippen molar-refractivity contribution in [3.05, 3.63) is 58.5 Å². The second-order valence-corrected chi connectivity index (χ2v) is 9.51. The van der Waals surface area contributed by atoms with Crippen molar-refractivity contribution in [3.63, 3.8) is 0 Å². The van der Waals surface area contributed by atoms with Gasteiger partial charge in [-0.1, -0.05) is 5.92 Å². The predicted molar refractivity (Wildman–Crippen MR) is 126 cm³/mol. The number of alkyl halides is 3. The van der Waals surface area contributed by atoms with Crippen LogP contribution in [0.5, 0.6) is 0 Å². The van der Waals surface area contributed by atoms with Gasteiger partial charge >= 0.3 is 6.18 Å². The first-order chi connectivity index (χ1) is 16.9. The molecule has 1 amide bonds. The molecule has 2 heterocycles. The van der Waals surface area contributed by atoms with Crippen LogP contribution in [-0.4, -0.2) is 51.9 Å². The Morgan fingerprint density at radius 1 is 1.28 bits per heavy atom. The fourth-order valence-electron chi connectivity index (χ4n) is 3.40. The van der Waals surface area contributed by atoms with Crippen molar-refractivity contribution in [2.45, 2.75) is 12.7 Å². The molecule has 8 nitrogen and oxygen atoms in total. The highest BCUT2D eigenvalue weighted by atomic mass is 32.2. The maximum atomic E-state index is 14.0. The Labute approximate surface area is 205 Å². The van der Waals surface area contributed by atoms with Crippen molar-refractivity contribution in [3.8, 4) is 12.3 Å². The molecule has 1 fully saturated rings. The van der Waals surface area contributed by atoms with Crippen LogP contribution in [-0.2, 0) is 32.3 Å². The molecule has 0 bridgehead atoms. The number of carbonyl (C=O) groups excluding carboxylic acids is 1. The number of pyridine rings is 1. The molecule has 3 rings (SSSR count). The maximum absolute atomic E-state index is 14.0. The summed E-state index contributed by atoms with van der Waals surface area (Å²) in [6, 6.07) is 4.03. The smallest absolute Gasteiger partial charge is 0.378 e. The first-order valence-electron chi connectivity index (χ1n) is 10.5. The van der Waals surface area contributed by atoms with Crippen molar-refractivity contribution in [2.24, 2.45) is 0 Å².